The summed E-state index contributed by atoms with van der Waals surface area (Å²) in [7, 11) is 0.945. The first-order chi connectivity index (χ1) is 52.4. The number of hydrogen-bond acceptors (Lipinski definition) is 18. The number of alkyl carbamates (subject to hydrolysis) is 1. The molecule has 0 heterocycles. The van der Waals surface area contributed by atoms with Crippen molar-refractivity contribution in [2.45, 2.75) is 196 Å². The van der Waals surface area contributed by atoms with E-state index in [9.17, 15) is 71.9 Å². The molecule has 4 N–H and O–H groups in total. The van der Waals surface area contributed by atoms with Crippen LogP contribution in [-0.2, 0) is 71.8 Å². The van der Waals surface area contributed by atoms with Gasteiger partial charge in [0.2, 0.25) is 11.8 Å². The Balaban J connectivity index is -0.000000112. The summed E-state index contributed by atoms with van der Waals surface area (Å²) in [5.41, 5.74) is 4.15. The monoisotopic (exact) mass is 1790 g/mol. The van der Waals surface area contributed by atoms with Crippen molar-refractivity contribution in [3.8, 4) is 0 Å². The van der Waals surface area contributed by atoms with E-state index in [-0.39, 0.29) is 210 Å². The predicted molar refractivity (Wildman–Crippen MR) is 514 cm³/mol. The molecule has 0 aliphatic carbocycles. The molecule has 0 bridgehead atoms. The average molecular weight is 1790 g/mol. The third-order valence-corrected chi connectivity index (χ3v) is 25.1. The number of halogens is 1. The SMILES string of the molecule is C=C(C)C(=O)CC(=O)C[SiH2]C.C=C(C)C(=O)CCNC(=O)NC[SiH2]C.C=C(C)C(=O)CCOC(=O)NC[SiH2]C.C=C(C)C(=O)CCOC[SiH2]C.C=C(C)C(=O)C[SiH2]C.C=C(C)C(=O)C[SiH2]C.C=C(C)C(=O)NC[SiH2]C.C=C(Cl)C(=O)CC[SiH2]C.C=CC(=O)CCC(=O)SC[SiH2]C.C=CC(=O)C[SiH2]C.C=CC(=O)N(C)C[SiH2]C. The fraction of sp³-hybridized carbons (Fsp3) is 0.519. The lowest BCUT2D eigenvalue weighted by atomic mass is 10.1. The second-order valence-corrected chi connectivity index (χ2v) is 43.9. The maximum Gasteiger partial charge on any atom is 0.406 e. The predicted octanol–water partition coefficient (Wildman–Crippen LogP) is 5.71. The molecule has 35 heteroatoms. The third kappa shape index (κ3) is 115. The van der Waals surface area contributed by atoms with Crippen LogP contribution in [0.1, 0.15) is 93.4 Å². The number of Topliss-reactive ketones (excluding diaryl/α,β-unsaturated/α-hetero) is 8. The van der Waals surface area contributed by atoms with Crippen LogP contribution in [0.15, 0.2) is 135 Å². The zero-order chi connectivity index (χ0) is 89.6. The van der Waals surface area contributed by atoms with Gasteiger partial charge in [-0.05, 0) is 130 Å². The molecule has 0 aromatic carbocycles. The Kier molecular flexibility index (Phi) is 113. The standard InChI is InChI=1S/C9H18N2O2Si.C9H17NO3Si.C8H14O2SSi.C8H14O2Si.C8H16O2Si.C6H11ClOSi.2C6H13NOSi.2C6H12OSi.C5H10OSi/c1-7(2)8(12)4-5-10-9(13)11-6-14-3;1-7(2)8(11)4-5-13-9(12)10-6-14-3;1-3-7(9)4-5-8(10)11-6-12-2;1-6(2)8(10)4-7(9)5-11-3;1-7(2)8(9)4-5-10-6-11-3;1-5(7)6(8)3-4-9-2;1-5(2)6(8)7-4-9-3;1-4-6(8)7(2)5-9-3;2*1-5(2)6(7)4-8-3;1-3-5(6)4-7-2/h1,4-6,14H2,2-3H3,(H2,10,11,13);1,4-6,14H2,2-3H3,(H,10,12);3H,1,4-6,12H2,2H3;1,4-5,11H2,2-3H3;1,4-6,11H2,2-3H3;1,3-4,9H2,2H3;1,4,9H2,2-3H3,(H,7,8);4H,1,5,9H2,2-3H3;2*1,4,8H2,2-3H3;3H,1,4,7H2,2H3. The Morgan fingerprint density at radius 2 is 0.839 bits per heavy atom. The Morgan fingerprint density at radius 3 is 1.19 bits per heavy atom. The maximum atomic E-state index is 11.1. The van der Waals surface area contributed by atoms with Crippen LogP contribution in [0.25, 0.3) is 0 Å². The van der Waals surface area contributed by atoms with Crippen molar-refractivity contribution in [2.75, 3.05) is 63.1 Å². The smallest absolute Gasteiger partial charge is 0.406 e. The van der Waals surface area contributed by atoms with E-state index in [0.29, 0.717) is 90.3 Å². The topological polar surface area (TPSA) is 326 Å². The normalized spacial score (nSPS) is 10.2. The molecule has 0 aromatic rings. The number of thioether (sulfide) groups is 1. The van der Waals surface area contributed by atoms with Gasteiger partial charge in [0.25, 0.3) is 0 Å². The molecule has 0 fully saturated rings. The molecular formula is C77H150ClN5O17SSi11. The first-order valence-corrected chi connectivity index (χ1v) is 66.6. The van der Waals surface area contributed by atoms with Crippen molar-refractivity contribution in [1.82, 2.24) is 26.2 Å². The molecule has 0 aliphatic heterocycles. The van der Waals surface area contributed by atoms with Gasteiger partial charge >= 0.3 is 12.1 Å². The molecule has 22 nitrogen and oxygen atoms in total. The summed E-state index contributed by atoms with van der Waals surface area (Å²) in [4.78, 5) is 164. The van der Waals surface area contributed by atoms with Crippen molar-refractivity contribution in [3.05, 3.63) is 135 Å². The Morgan fingerprint density at radius 1 is 0.411 bits per heavy atom. The first-order valence-electron chi connectivity index (χ1n) is 38.7. The number of nitrogens with one attached hydrogen (secondary N) is 4. The summed E-state index contributed by atoms with van der Waals surface area (Å²) in [5.74, 6) is 0.690. The number of allylic oxidation sites excluding steroid dienone is 9. The van der Waals surface area contributed by atoms with Crippen molar-refractivity contribution in [1.29, 1.82) is 0 Å². The van der Waals surface area contributed by atoms with E-state index < -0.39 is 6.09 Å². The van der Waals surface area contributed by atoms with Crippen molar-refractivity contribution in [2.24, 2.45) is 0 Å². The lowest BCUT2D eigenvalue weighted by molar-refractivity contribution is -0.125. The van der Waals surface area contributed by atoms with Gasteiger partial charge in [0.05, 0.1) is 18.1 Å². The molecule has 0 radical (unpaired) electrons. The fourth-order valence-electron chi connectivity index (χ4n) is 6.16. The quantitative estimate of drug-likeness (QED) is 0.0245. The molecule has 0 rings (SSSR count). The zero-order valence-corrected chi connectivity index (χ0v) is 89.9. The fourth-order valence-corrected chi connectivity index (χ4v) is 14.9. The average Bonchev–Trinajstić information content (AvgIpc) is 0.978. The van der Waals surface area contributed by atoms with E-state index in [2.05, 4.69) is 166 Å². The van der Waals surface area contributed by atoms with Gasteiger partial charge in [-0.3, -0.25) is 62.3 Å². The van der Waals surface area contributed by atoms with E-state index in [4.69, 9.17) is 21.1 Å². The van der Waals surface area contributed by atoms with Crippen LogP contribution in [0.5, 0.6) is 0 Å². The van der Waals surface area contributed by atoms with Gasteiger partial charge in [-0.1, -0.05) is 174 Å². The van der Waals surface area contributed by atoms with Gasteiger partial charge in [0.1, 0.15) is 12.4 Å². The van der Waals surface area contributed by atoms with E-state index in [1.165, 1.54) is 30.0 Å². The lowest BCUT2D eigenvalue weighted by Crippen LogP contribution is -2.38. The molecule has 5 amide bonds. The van der Waals surface area contributed by atoms with E-state index in [1.807, 2.05) is 0 Å². The summed E-state index contributed by atoms with van der Waals surface area (Å²) in [6.45, 7) is 74.6. The molecule has 0 atom stereocenters. The van der Waals surface area contributed by atoms with Crippen LogP contribution in [0, 0.1) is 0 Å². The summed E-state index contributed by atoms with van der Waals surface area (Å²) in [6.07, 6.45) is 10.2. The van der Waals surface area contributed by atoms with E-state index in [1.54, 1.807) is 60.4 Å². The van der Waals surface area contributed by atoms with Gasteiger partial charge in [0, 0.05) is 193 Å². The van der Waals surface area contributed by atoms with Crippen LogP contribution < -0.4 is 21.3 Å². The van der Waals surface area contributed by atoms with Gasteiger partial charge in [0.15, 0.2) is 57.2 Å². The lowest BCUT2D eigenvalue weighted by Gasteiger charge is -2.12. The van der Waals surface area contributed by atoms with Crippen molar-refractivity contribution >= 4 is 215 Å². The number of carbonyl (C=O) groups is 15. The minimum atomic E-state index is -0.436. The highest BCUT2D eigenvalue weighted by Gasteiger charge is 2.11. The number of hydrogen-bond donors (Lipinski definition) is 4. The Labute approximate surface area is 710 Å². The number of urea groups is 1. The molecule has 0 unspecified atom stereocenters. The first kappa shape index (κ1) is 129. The van der Waals surface area contributed by atoms with Gasteiger partial charge in [-0.15, -0.1) is 0 Å². The zero-order valence-electron chi connectivity index (χ0n) is 72.8. The van der Waals surface area contributed by atoms with Crippen molar-refractivity contribution < 1.29 is 81.4 Å². The highest BCUT2D eigenvalue weighted by molar-refractivity contribution is 8.14. The van der Waals surface area contributed by atoms with Gasteiger partial charge in [-0.2, -0.15) is 0 Å². The maximum absolute atomic E-state index is 11.1. The second kappa shape index (κ2) is 97.3. The molecule has 0 aromatic heterocycles. The summed E-state index contributed by atoms with van der Waals surface area (Å²) in [5, 5.41) is 12.0. The van der Waals surface area contributed by atoms with Crippen LogP contribution in [0.4, 0.5) is 9.59 Å². The number of likely N-dealkylation sites (N-methyl/N-ethyl adjacent to an activating group) is 1. The molecule has 112 heavy (non-hydrogen) atoms. The van der Waals surface area contributed by atoms with Crippen LogP contribution in [0.3, 0.4) is 0 Å². The van der Waals surface area contributed by atoms with Crippen LogP contribution >= 0.6 is 23.4 Å². The molecule has 642 valence electrons. The number of rotatable bonds is 48. The highest BCUT2D eigenvalue weighted by Crippen LogP contribution is 2.07. The number of carbonyl (C=O) groups excluding carboxylic acids is 15. The van der Waals surface area contributed by atoms with Crippen molar-refractivity contribution in [3.63, 3.8) is 0 Å². The summed E-state index contributed by atoms with van der Waals surface area (Å²) < 4.78 is 9.98. The Bertz CT molecular complexity index is 2810. The molecule has 0 aliphatic rings. The highest BCUT2D eigenvalue weighted by atomic mass is 35.5. The van der Waals surface area contributed by atoms with Crippen LogP contribution in [0.2, 0.25) is 102 Å². The molecule has 0 saturated heterocycles. The number of ketones is 10. The second-order valence-electron chi connectivity index (χ2n) is 25.0. The number of ether oxygens (including phenoxy) is 2. The molecule has 0 spiro atoms. The number of amides is 5. The molecular weight excluding hydrogens is 1640 g/mol. The minimum absolute atomic E-state index is 0.00448. The van der Waals surface area contributed by atoms with E-state index >= 15 is 0 Å². The summed E-state index contributed by atoms with van der Waals surface area (Å²) in [6, 6.07) is 3.85. The number of nitrogens with zero attached hydrogens (tertiary/aromatic N) is 1. The third-order valence-electron chi connectivity index (χ3n) is 12.9. The molecule has 0 saturated carbocycles. The van der Waals surface area contributed by atoms with E-state index in [0.717, 1.165) is 60.5 Å². The van der Waals surface area contributed by atoms with Gasteiger partial charge < -0.3 is 35.6 Å². The largest absolute Gasteiger partial charge is 0.449 e. The summed E-state index contributed by atoms with van der Waals surface area (Å²) >= 11 is 6.70. The Hall–Kier alpha value is -6.02. The van der Waals surface area contributed by atoms with Crippen LogP contribution in [-0.4, -0.2) is 260 Å². The minimum Gasteiger partial charge on any atom is -0.449 e. The van der Waals surface area contributed by atoms with Gasteiger partial charge in [-0.25, -0.2) is 9.59 Å².